The van der Waals surface area contributed by atoms with Crippen molar-refractivity contribution in [3.05, 3.63) is 69.2 Å². The first kappa shape index (κ1) is 32.6. The Morgan fingerprint density at radius 1 is 1.12 bits per heavy atom. The van der Waals surface area contributed by atoms with Crippen molar-refractivity contribution in [1.29, 1.82) is 0 Å². The maximum atomic E-state index is 11.4. The van der Waals surface area contributed by atoms with E-state index in [-0.39, 0.29) is 25.2 Å². The first-order valence-electron chi connectivity index (χ1n) is 13.3. The van der Waals surface area contributed by atoms with Crippen LogP contribution in [0.25, 0.3) is 16.3 Å². The van der Waals surface area contributed by atoms with Gasteiger partial charge in [-0.05, 0) is 60.7 Å². The Balaban J connectivity index is 1.72. The van der Waals surface area contributed by atoms with E-state index in [1.807, 2.05) is 48.7 Å². The molecule has 1 aliphatic rings. The number of thioether (sulfide) groups is 1. The van der Waals surface area contributed by atoms with Crippen molar-refractivity contribution in [3.8, 4) is 0 Å². The topological polar surface area (TPSA) is 137 Å². The Hall–Kier alpha value is -2.30. The number of aromatic nitrogens is 1. The maximum Gasteiger partial charge on any atom is 0.265 e. The summed E-state index contributed by atoms with van der Waals surface area (Å²) in [6.07, 6.45) is 5.30. The number of rotatable bonds is 14. The zero-order valence-corrected chi connectivity index (χ0v) is 26.9. The molecule has 4 rings (SSSR count). The normalized spacial score (nSPS) is 15.2. The van der Waals surface area contributed by atoms with Crippen molar-refractivity contribution in [3.63, 3.8) is 0 Å². The highest BCUT2D eigenvalue weighted by Gasteiger charge is 2.26. The van der Waals surface area contributed by atoms with E-state index in [4.69, 9.17) is 9.78 Å². The molecule has 0 saturated carbocycles. The van der Waals surface area contributed by atoms with Crippen LogP contribution < -0.4 is 9.47 Å². The summed E-state index contributed by atoms with van der Waals surface area (Å²) in [7, 11) is -6.97. The van der Waals surface area contributed by atoms with Gasteiger partial charge in [0.2, 0.25) is 5.52 Å². The van der Waals surface area contributed by atoms with Crippen molar-refractivity contribution in [1.82, 2.24) is 0 Å². The quantitative estimate of drug-likeness (QED) is 0.109. The molecular formula is C28H34N2O8S4. The molecule has 1 aliphatic heterocycles. The molecule has 0 spiro atoms. The zero-order chi connectivity index (χ0) is 30.5. The molecule has 228 valence electrons. The first-order valence-corrected chi connectivity index (χ1v) is 18.2. The second kappa shape index (κ2) is 14.0. The van der Waals surface area contributed by atoms with Crippen LogP contribution >= 0.6 is 23.1 Å². The first-order chi connectivity index (χ1) is 19.9. The van der Waals surface area contributed by atoms with Crippen molar-refractivity contribution in [2.24, 2.45) is 0 Å². The Kier molecular flexibility index (Phi) is 10.9. The molecule has 10 nitrogen and oxygen atoms in total. The van der Waals surface area contributed by atoms with E-state index < -0.39 is 26.0 Å². The van der Waals surface area contributed by atoms with Crippen molar-refractivity contribution >= 4 is 65.3 Å². The fourth-order valence-electron chi connectivity index (χ4n) is 4.62. The molecule has 0 fully saturated rings. The molecule has 0 saturated heterocycles. The summed E-state index contributed by atoms with van der Waals surface area (Å²) in [6, 6.07) is 12.1. The van der Waals surface area contributed by atoms with Crippen LogP contribution in [-0.4, -0.2) is 51.1 Å². The minimum atomic E-state index is -4.31. The summed E-state index contributed by atoms with van der Waals surface area (Å²) < 4.78 is 69.0. The minimum absolute atomic E-state index is 0.210. The lowest BCUT2D eigenvalue weighted by Crippen LogP contribution is -2.36. The number of benzene rings is 2. The molecule has 3 aromatic rings. The van der Waals surface area contributed by atoms with Gasteiger partial charge in [0.05, 0.1) is 33.7 Å². The van der Waals surface area contributed by atoms with E-state index in [0.717, 1.165) is 47.5 Å². The smallest absolute Gasteiger partial charge is 0.265 e. The van der Waals surface area contributed by atoms with Gasteiger partial charge in [-0.1, -0.05) is 42.2 Å². The number of aryl methyl sites for hydroxylation is 2. The van der Waals surface area contributed by atoms with Gasteiger partial charge in [0.25, 0.3) is 15.1 Å². The Bertz CT molecular complexity index is 1710. The van der Waals surface area contributed by atoms with Crippen LogP contribution in [-0.2, 0) is 43.2 Å². The third-order valence-electron chi connectivity index (χ3n) is 6.61. The summed E-state index contributed by atoms with van der Waals surface area (Å²) in [5.74, 6) is -0.776. The van der Waals surface area contributed by atoms with Gasteiger partial charge in [-0.3, -0.25) is 4.55 Å². The van der Waals surface area contributed by atoms with Crippen molar-refractivity contribution in [2.75, 3.05) is 30.1 Å². The van der Waals surface area contributed by atoms with Crippen LogP contribution in [0.1, 0.15) is 42.3 Å². The number of thiazole rings is 1. The summed E-state index contributed by atoms with van der Waals surface area (Å²) >= 11 is 3.17. The van der Waals surface area contributed by atoms with Gasteiger partial charge in [0.1, 0.15) is 11.3 Å². The number of fused-ring (bicyclic) bond motifs is 2. The number of hydrogen-bond acceptors (Lipinski definition) is 10. The summed E-state index contributed by atoms with van der Waals surface area (Å²) in [6.45, 7) is 5.07. The van der Waals surface area contributed by atoms with Gasteiger partial charge in [0.15, 0.2) is 6.54 Å². The Morgan fingerprint density at radius 3 is 2.60 bits per heavy atom. The Morgan fingerprint density at radius 2 is 1.90 bits per heavy atom. The lowest BCUT2D eigenvalue weighted by atomic mass is 10.1. The van der Waals surface area contributed by atoms with Crippen LogP contribution in [0.2, 0.25) is 0 Å². The molecule has 0 radical (unpaired) electrons. The van der Waals surface area contributed by atoms with E-state index in [1.54, 1.807) is 23.1 Å². The van der Waals surface area contributed by atoms with Crippen molar-refractivity contribution < 1.29 is 40.3 Å². The van der Waals surface area contributed by atoms with E-state index >= 15 is 0 Å². The molecule has 1 aromatic heterocycles. The second-order valence-corrected chi connectivity index (χ2v) is 15.1. The largest absolute Gasteiger partial charge is 0.748 e. The molecule has 2 aromatic carbocycles. The van der Waals surface area contributed by atoms with Gasteiger partial charge < -0.3 is 9.45 Å². The van der Waals surface area contributed by atoms with Crippen LogP contribution in [0.4, 0.5) is 5.69 Å². The van der Waals surface area contributed by atoms with E-state index in [2.05, 4.69) is 23.1 Å². The molecule has 0 amide bonds. The number of hydrogen-bond donors (Lipinski definition) is 1. The lowest BCUT2D eigenvalue weighted by Gasteiger charge is -2.21. The number of allylic oxidation sites excluding steroid dienone is 2. The van der Waals surface area contributed by atoms with Gasteiger partial charge in [0, 0.05) is 35.8 Å². The highest BCUT2D eigenvalue weighted by atomic mass is 32.2. The van der Waals surface area contributed by atoms with Gasteiger partial charge in [-0.2, -0.15) is 13.0 Å². The average Bonchev–Trinajstić information content (AvgIpc) is 3.42. The predicted octanol–water partition coefficient (Wildman–Crippen LogP) is 5.04. The highest BCUT2D eigenvalue weighted by molar-refractivity contribution is 8.03. The van der Waals surface area contributed by atoms with Crippen molar-refractivity contribution in [2.45, 2.75) is 51.2 Å². The molecule has 0 aliphatic carbocycles. The second-order valence-electron chi connectivity index (χ2n) is 9.86. The summed E-state index contributed by atoms with van der Waals surface area (Å²) in [4.78, 5) is 13.0. The molecule has 0 bridgehead atoms. The van der Waals surface area contributed by atoms with Crippen LogP contribution in [0.5, 0.6) is 0 Å². The SMILES string of the molecule is CCC(=C/c1sc2ccc(COOC)cc2[n+]1CCCS(=O)(=O)O)/C=C1/Sc2ccc(C)cc2N1CCCS(=O)(=O)[O-]. The molecule has 14 heteroatoms. The lowest BCUT2D eigenvalue weighted by molar-refractivity contribution is -0.668. The molecule has 1 N–H and O–H groups in total. The Labute approximate surface area is 255 Å². The van der Waals surface area contributed by atoms with Crippen LogP contribution in [0, 0.1) is 6.92 Å². The van der Waals surface area contributed by atoms with Crippen LogP contribution in [0.15, 0.2) is 58.0 Å². The molecule has 0 unspecified atom stereocenters. The van der Waals surface area contributed by atoms with Crippen LogP contribution in [0.3, 0.4) is 0 Å². The fourth-order valence-corrected chi connectivity index (χ4v) is 7.89. The molecule has 2 heterocycles. The standard InChI is InChI=1S/C28H34N2O8S4/c1-4-21(17-27-29(11-5-13-41(31,32)33)23-15-20(2)7-9-25(23)39-27)18-28-30(12-6-14-42(34,35)36)24-16-22(19-38-37-3)8-10-26(24)40-28/h7-10,15-18H,4-6,11-14,19H2,1-3H3,(H-,31,32,33,34,35,36). The summed E-state index contributed by atoms with van der Waals surface area (Å²) in [5.41, 5.74) is 4.89. The molecule has 0 atom stereocenters. The maximum absolute atomic E-state index is 11.4. The number of nitrogens with zero attached hydrogens (tertiary/aromatic N) is 2. The zero-order valence-electron chi connectivity index (χ0n) is 23.6. The minimum Gasteiger partial charge on any atom is -0.748 e. The third-order valence-corrected chi connectivity index (χ3v) is 10.4. The predicted molar refractivity (Wildman–Crippen MR) is 165 cm³/mol. The average molecular weight is 655 g/mol. The molecular weight excluding hydrogens is 621 g/mol. The van der Waals surface area contributed by atoms with E-state index in [0.29, 0.717) is 19.5 Å². The van der Waals surface area contributed by atoms with Gasteiger partial charge >= 0.3 is 0 Å². The third kappa shape index (κ3) is 8.86. The number of anilines is 1. The van der Waals surface area contributed by atoms with Gasteiger partial charge in [-0.25, -0.2) is 18.2 Å². The van der Waals surface area contributed by atoms with E-state index in [9.17, 15) is 25.9 Å². The summed E-state index contributed by atoms with van der Waals surface area (Å²) in [5, 5.41) is 1.85. The monoisotopic (exact) mass is 654 g/mol. The van der Waals surface area contributed by atoms with Gasteiger partial charge in [-0.15, -0.1) is 0 Å². The molecule has 42 heavy (non-hydrogen) atoms. The van der Waals surface area contributed by atoms with E-state index in [1.165, 1.54) is 7.11 Å². The fraction of sp³-hybridized carbons (Fsp3) is 0.393. The highest BCUT2D eigenvalue weighted by Crippen LogP contribution is 2.47.